The monoisotopic (exact) mass is 444 g/mol. The molecule has 4 rings (SSSR count). The number of thiocarbonyl (C=S) groups is 1. The minimum absolute atomic E-state index is 0.165. The number of aromatic nitrogens is 2. The van der Waals surface area contributed by atoms with E-state index < -0.39 is 0 Å². The standard InChI is InChI=1S/C21H24N4O3S2/c1-14-7-5-10-24-17(14)22-18(23-8-3-4-9-23)15(19(24)26)13-16-20(27)25(21(29)30-16)11-6-12-28-2/h5,7,10,13H,3-4,6,8-9,11-12H2,1-2H3/b16-13-. The van der Waals surface area contributed by atoms with Crippen molar-refractivity contribution in [2.75, 3.05) is 38.3 Å². The summed E-state index contributed by atoms with van der Waals surface area (Å²) in [5.41, 5.74) is 1.85. The maximum atomic E-state index is 13.4. The molecule has 2 aliphatic heterocycles. The summed E-state index contributed by atoms with van der Waals surface area (Å²) in [6.07, 6.45) is 6.23. The number of ether oxygens (including phenoxy) is 1. The van der Waals surface area contributed by atoms with Gasteiger partial charge in [-0.2, -0.15) is 0 Å². The molecule has 9 heteroatoms. The third-order valence-electron chi connectivity index (χ3n) is 5.35. The van der Waals surface area contributed by atoms with Crippen molar-refractivity contribution < 1.29 is 9.53 Å². The van der Waals surface area contributed by atoms with Gasteiger partial charge < -0.3 is 9.64 Å². The lowest BCUT2D eigenvalue weighted by Gasteiger charge is -2.20. The van der Waals surface area contributed by atoms with E-state index >= 15 is 0 Å². The fourth-order valence-electron chi connectivity index (χ4n) is 3.79. The second-order valence-electron chi connectivity index (χ2n) is 7.41. The number of anilines is 1. The number of hydrogen-bond acceptors (Lipinski definition) is 7. The Bertz CT molecular complexity index is 1090. The fraction of sp³-hybridized carbons (Fsp3) is 0.429. The average molecular weight is 445 g/mol. The highest BCUT2D eigenvalue weighted by atomic mass is 32.2. The number of nitrogens with zero attached hydrogens (tertiary/aromatic N) is 4. The smallest absolute Gasteiger partial charge is 0.267 e. The maximum absolute atomic E-state index is 13.4. The molecule has 0 aromatic carbocycles. The van der Waals surface area contributed by atoms with E-state index in [1.54, 1.807) is 28.7 Å². The Morgan fingerprint density at radius 1 is 1.30 bits per heavy atom. The van der Waals surface area contributed by atoms with Crippen molar-refractivity contribution in [1.29, 1.82) is 0 Å². The quantitative estimate of drug-likeness (QED) is 0.386. The number of carbonyl (C=O) groups is 1. The van der Waals surface area contributed by atoms with Crippen LogP contribution >= 0.6 is 24.0 Å². The Morgan fingerprint density at radius 3 is 2.80 bits per heavy atom. The number of fused-ring (bicyclic) bond motifs is 1. The minimum atomic E-state index is -0.171. The Kier molecular flexibility index (Phi) is 6.21. The Morgan fingerprint density at radius 2 is 2.07 bits per heavy atom. The molecule has 0 aliphatic carbocycles. The molecule has 0 bridgehead atoms. The van der Waals surface area contributed by atoms with E-state index in [-0.39, 0.29) is 11.5 Å². The van der Waals surface area contributed by atoms with E-state index in [1.807, 2.05) is 19.1 Å². The number of thioether (sulfide) groups is 1. The molecule has 2 aliphatic rings. The van der Waals surface area contributed by atoms with Crippen molar-refractivity contribution in [2.24, 2.45) is 0 Å². The highest BCUT2D eigenvalue weighted by Gasteiger charge is 2.32. The number of methoxy groups -OCH3 is 1. The highest BCUT2D eigenvalue weighted by molar-refractivity contribution is 8.26. The molecule has 4 heterocycles. The molecule has 0 saturated carbocycles. The average Bonchev–Trinajstić information content (AvgIpc) is 3.35. The van der Waals surface area contributed by atoms with Gasteiger partial charge in [-0.25, -0.2) is 4.98 Å². The molecule has 0 unspecified atom stereocenters. The summed E-state index contributed by atoms with van der Waals surface area (Å²) < 4.78 is 7.14. The Balaban J connectivity index is 1.79. The summed E-state index contributed by atoms with van der Waals surface area (Å²) in [7, 11) is 1.63. The van der Waals surface area contributed by atoms with Crippen molar-refractivity contribution in [3.05, 3.63) is 44.7 Å². The molecule has 7 nitrogen and oxygen atoms in total. The molecule has 0 atom stereocenters. The zero-order valence-corrected chi connectivity index (χ0v) is 18.7. The number of aryl methyl sites for hydroxylation is 1. The molecule has 1 amide bonds. The van der Waals surface area contributed by atoms with E-state index in [9.17, 15) is 9.59 Å². The zero-order valence-electron chi connectivity index (χ0n) is 17.1. The molecule has 30 heavy (non-hydrogen) atoms. The van der Waals surface area contributed by atoms with Gasteiger partial charge in [0.1, 0.15) is 15.8 Å². The molecule has 0 spiro atoms. The number of pyridine rings is 1. The van der Waals surface area contributed by atoms with Gasteiger partial charge in [-0.15, -0.1) is 0 Å². The van der Waals surface area contributed by atoms with E-state index in [0.29, 0.717) is 45.8 Å². The lowest BCUT2D eigenvalue weighted by atomic mass is 10.2. The number of rotatable bonds is 6. The van der Waals surface area contributed by atoms with Gasteiger partial charge in [-0.1, -0.05) is 30.0 Å². The summed E-state index contributed by atoms with van der Waals surface area (Å²) in [6, 6.07) is 3.78. The van der Waals surface area contributed by atoms with Gasteiger partial charge in [0, 0.05) is 39.5 Å². The minimum Gasteiger partial charge on any atom is -0.385 e. The summed E-state index contributed by atoms with van der Waals surface area (Å²) in [4.78, 5) is 35.4. The van der Waals surface area contributed by atoms with Crippen LogP contribution in [0.5, 0.6) is 0 Å². The Hall–Kier alpha value is -2.23. The van der Waals surface area contributed by atoms with Gasteiger partial charge in [0.25, 0.3) is 11.5 Å². The molecule has 158 valence electrons. The number of hydrogen-bond donors (Lipinski definition) is 0. The van der Waals surface area contributed by atoms with Crippen molar-refractivity contribution in [3.63, 3.8) is 0 Å². The van der Waals surface area contributed by atoms with Gasteiger partial charge in [-0.05, 0) is 43.9 Å². The molecule has 2 saturated heterocycles. The van der Waals surface area contributed by atoms with Crippen LogP contribution in [0.3, 0.4) is 0 Å². The van der Waals surface area contributed by atoms with Crippen LogP contribution in [0, 0.1) is 6.92 Å². The normalized spacial score (nSPS) is 18.4. The van der Waals surface area contributed by atoms with Crippen LogP contribution in [0.2, 0.25) is 0 Å². The first-order chi connectivity index (χ1) is 14.5. The van der Waals surface area contributed by atoms with Crippen LogP contribution in [-0.4, -0.2) is 57.9 Å². The van der Waals surface area contributed by atoms with Gasteiger partial charge in [-0.3, -0.25) is 18.9 Å². The number of carbonyl (C=O) groups excluding carboxylic acids is 1. The van der Waals surface area contributed by atoms with Crippen LogP contribution in [0.4, 0.5) is 5.82 Å². The molecular formula is C21H24N4O3S2. The van der Waals surface area contributed by atoms with Crippen LogP contribution in [0.25, 0.3) is 11.7 Å². The third-order valence-corrected chi connectivity index (χ3v) is 6.73. The first-order valence-corrected chi connectivity index (χ1v) is 11.2. The van der Waals surface area contributed by atoms with E-state index in [1.165, 1.54) is 11.8 Å². The summed E-state index contributed by atoms with van der Waals surface area (Å²) >= 11 is 6.64. The molecule has 0 N–H and O–H groups in total. The third kappa shape index (κ3) is 3.89. The van der Waals surface area contributed by atoms with E-state index in [0.717, 1.165) is 31.5 Å². The first kappa shape index (κ1) is 21.0. The van der Waals surface area contributed by atoms with E-state index in [2.05, 4.69) is 4.90 Å². The largest absolute Gasteiger partial charge is 0.385 e. The van der Waals surface area contributed by atoms with Crippen molar-refractivity contribution in [1.82, 2.24) is 14.3 Å². The predicted octanol–water partition coefficient (Wildman–Crippen LogP) is 2.84. The summed E-state index contributed by atoms with van der Waals surface area (Å²) in [5.74, 6) is 0.485. The maximum Gasteiger partial charge on any atom is 0.267 e. The van der Waals surface area contributed by atoms with Crippen molar-refractivity contribution in [2.45, 2.75) is 26.2 Å². The number of amides is 1. The molecule has 0 radical (unpaired) electrons. The van der Waals surface area contributed by atoms with Crippen LogP contribution in [-0.2, 0) is 9.53 Å². The topological polar surface area (TPSA) is 67.2 Å². The lowest BCUT2D eigenvalue weighted by Crippen LogP contribution is -2.30. The molecule has 2 aromatic rings. The van der Waals surface area contributed by atoms with Crippen LogP contribution < -0.4 is 10.5 Å². The van der Waals surface area contributed by atoms with Crippen LogP contribution in [0.1, 0.15) is 30.4 Å². The summed E-state index contributed by atoms with van der Waals surface area (Å²) in [6.45, 7) is 4.72. The highest BCUT2D eigenvalue weighted by Crippen LogP contribution is 2.34. The van der Waals surface area contributed by atoms with Gasteiger partial charge in [0.2, 0.25) is 0 Å². The first-order valence-electron chi connectivity index (χ1n) is 10.0. The lowest BCUT2D eigenvalue weighted by molar-refractivity contribution is -0.122. The van der Waals surface area contributed by atoms with Crippen molar-refractivity contribution in [3.8, 4) is 0 Å². The van der Waals surface area contributed by atoms with Crippen molar-refractivity contribution >= 4 is 51.7 Å². The predicted molar refractivity (Wildman–Crippen MR) is 124 cm³/mol. The summed E-state index contributed by atoms with van der Waals surface area (Å²) in [5, 5.41) is 0. The van der Waals surface area contributed by atoms with E-state index in [4.69, 9.17) is 21.9 Å². The van der Waals surface area contributed by atoms with Gasteiger partial charge >= 0.3 is 0 Å². The Labute approximate surface area is 184 Å². The fourth-order valence-corrected chi connectivity index (χ4v) is 5.08. The van der Waals surface area contributed by atoms with Gasteiger partial charge in [0.05, 0.1) is 10.5 Å². The SMILES string of the molecule is COCCCN1C(=O)/C(=C/c2c(N3CCCC3)nc3c(C)cccn3c2=O)SC1=S. The molecular weight excluding hydrogens is 420 g/mol. The second-order valence-corrected chi connectivity index (χ2v) is 9.09. The molecule has 2 aromatic heterocycles. The second kappa shape index (κ2) is 8.87. The zero-order chi connectivity index (χ0) is 21.3. The molecule has 2 fully saturated rings. The van der Waals surface area contributed by atoms with Gasteiger partial charge in [0.15, 0.2) is 0 Å². The van der Waals surface area contributed by atoms with Crippen LogP contribution in [0.15, 0.2) is 28.0 Å².